The summed E-state index contributed by atoms with van der Waals surface area (Å²) < 4.78 is 11.1. The molecule has 35 heavy (non-hydrogen) atoms. The van der Waals surface area contributed by atoms with Crippen molar-refractivity contribution in [2.24, 2.45) is 4.99 Å². The molecule has 0 radical (unpaired) electrons. The molecule has 0 spiro atoms. The van der Waals surface area contributed by atoms with E-state index in [0.717, 1.165) is 5.69 Å². The van der Waals surface area contributed by atoms with Crippen molar-refractivity contribution < 1.29 is 14.3 Å². The maximum atomic E-state index is 12.4. The molecule has 1 amide bonds. The first-order valence-corrected chi connectivity index (χ1v) is 10.7. The molecule has 9 nitrogen and oxygen atoms in total. The zero-order valence-electron chi connectivity index (χ0n) is 20.0. The van der Waals surface area contributed by atoms with E-state index < -0.39 is 0 Å². The van der Waals surface area contributed by atoms with Crippen LogP contribution in [0.2, 0.25) is 0 Å². The predicted molar refractivity (Wildman–Crippen MR) is 141 cm³/mol. The van der Waals surface area contributed by atoms with Crippen LogP contribution >= 0.6 is 0 Å². The van der Waals surface area contributed by atoms with Crippen LogP contribution in [0.5, 0.6) is 11.5 Å². The molecule has 0 aliphatic heterocycles. The molecule has 0 unspecified atom stereocenters. The molecule has 0 aliphatic rings. The number of hydrogen-bond acceptors (Lipinski definition) is 8. The van der Waals surface area contributed by atoms with Crippen molar-refractivity contribution in [3.63, 3.8) is 0 Å². The highest BCUT2D eigenvalue weighted by Crippen LogP contribution is 2.33. The van der Waals surface area contributed by atoms with Crippen LogP contribution in [-0.2, 0) is 4.79 Å². The van der Waals surface area contributed by atoms with E-state index in [9.17, 15) is 4.79 Å². The van der Waals surface area contributed by atoms with Gasteiger partial charge in [0.1, 0.15) is 23.6 Å². The van der Waals surface area contributed by atoms with Crippen LogP contribution in [0, 0.1) is 0 Å². The summed E-state index contributed by atoms with van der Waals surface area (Å²) in [6.45, 7) is 7.88. The molecular formula is C26H28N6O3. The standard InChI is InChI=1S/C26H28N6O3/c1-6-25(27-7-2)35-19-12-10-18(11-13-19)30-26-20-15-22(31-24(33)9-8-14-32(3)4)23(34-5)16-21(20)28-17-29-26/h6-13,15-17H,1-2,14H2,3-5H3,(H,31,33)(H,28,29,30)/b9-8+,27-25?. The fourth-order valence-corrected chi connectivity index (χ4v) is 3.07. The summed E-state index contributed by atoms with van der Waals surface area (Å²) in [7, 11) is 5.40. The predicted octanol–water partition coefficient (Wildman–Crippen LogP) is 4.55. The van der Waals surface area contributed by atoms with Gasteiger partial charge in [0.05, 0.1) is 18.3 Å². The molecule has 3 rings (SSSR count). The van der Waals surface area contributed by atoms with Crippen molar-refractivity contribution >= 4 is 39.9 Å². The van der Waals surface area contributed by atoms with Gasteiger partial charge >= 0.3 is 0 Å². The van der Waals surface area contributed by atoms with E-state index in [1.807, 2.05) is 31.1 Å². The Labute approximate surface area is 204 Å². The van der Waals surface area contributed by atoms with Gasteiger partial charge in [-0.3, -0.25) is 4.79 Å². The van der Waals surface area contributed by atoms with E-state index in [1.54, 1.807) is 37.5 Å². The molecular weight excluding hydrogens is 444 g/mol. The highest BCUT2D eigenvalue weighted by molar-refractivity contribution is 6.03. The van der Waals surface area contributed by atoms with Crippen molar-refractivity contribution in [3.8, 4) is 11.5 Å². The number of aliphatic imine (C=N–C) groups is 1. The Morgan fingerprint density at radius 3 is 2.60 bits per heavy atom. The van der Waals surface area contributed by atoms with Crippen LogP contribution in [0.1, 0.15) is 0 Å². The third-order valence-corrected chi connectivity index (χ3v) is 4.69. The maximum Gasteiger partial charge on any atom is 0.248 e. The summed E-state index contributed by atoms with van der Waals surface area (Å²) in [5.74, 6) is 1.76. The number of amides is 1. The number of carbonyl (C=O) groups is 1. The number of fused-ring (bicyclic) bond motifs is 1. The quantitative estimate of drug-likeness (QED) is 0.254. The number of anilines is 3. The number of likely N-dealkylation sites (N-methyl/N-ethyl adjacent to an activating group) is 1. The van der Waals surface area contributed by atoms with Gasteiger partial charge in [0.25, 0.3) is 0 Å². The second-order valence-corrected chi connectivity index (χ2v) is 7.55. The third-order valence-electron chi connectivity index (χ3n) is 4.69. The summed E-state index contributed by atoms with van der Waals surface area (Å²) in [5, 5.41) is 6.87. The molecule has 0 aliphatic carbocycles. The molecule has 0 saturated heterocycles. The maximum absolute atomic E-state index is 12.4. The van der Waals surface area contributed by atoms with E-state index in [4.69, 9.17) is 9.47 Å². The lowest BCUT2D eigenvalue weighted by Gasteiger charge is -2.13. The van der Waals surface area contributed by atoms with Gasteiger partial charge in [-0.2, -0.15) is 0 Å². The van der Waals surface area contributed by atoms with Crippen LogP contribution in [-0.4, -0.2) is 54.4 Å². The van der Waals surface area contributed by atoms with Crippen molar-refractivity contribution in [3.05, 3.63) is 80.3 Å². The number of carbonyl (C=O) groups excluding carboxylic acids is 1. The van der Waals surface area contributed by atoms with E-state index in [-0.39, 0.29) is 5.91 Å². The van der Waals surface area contributed by atoms with E-state index in [0.29, 0.717) is 46.3 Å². The number of nitrogens with zero attached hydrogens (tertiary/aromatic N) is 4. The van der Waals surface area contributed by atoms with Gasteiger partial charge in [-0.05, 0) is 50.5 Å². The summed E-state index contributed by atoms with van der Waals surface area (Å²) in [4.78, 5) is 27.1. The van der Waals surface area contributed by atoms with Gasteiger partial charge in [-0.25, -0.2) is 15.0 Å². The van der Waals surface area contributed by atoms with Crippen LogP contribution in [0.25, 0.3) is 10.9 Å². The van der Waals surface area contributed by atoms with Crippen LogP contribution < -0.4 is 20.1 Å². The lowest BCUT2D eigenvalue weighted by atomic mass is 10.1. The first kappa shape index (κ1) is 25.1. The Balaban J connectivity index is 1.85. The summed E-state index contributed by atoms with van der Waals surface area (Å²) in [6, 6.07) is 10.8. The minimum absolute atomic E-state index is 0.259. The summed E-state index contributed by atoms with van der Waals surface area (Å²) in [6.07, 6.45) is 7.63. The zero-order valence-corrected chi connectivity index (χ0v) is 20.0. The molecule has 1 aromatic heterocycles. The summed E-state index contributed by atoms with van der Waals surface area (Å²) in [5.41, 5.74) is 1.96. The lowest BCUT2D eigenvalue weighted by Crippen LogP contribution is -2.13. The van der Waals surface area contributed by atoms with Gasteiger partial charge in [0.2, 0.25) is 11.8 Å². The Morgan fingerprint density at radius 2 is 1.94 bits per heavy atom. The molecule has 3 aromatic rings. The van der Waals surface area contributed by atoms with Crippen LogP contribution in [0.3, 0.4) is 0 Å². The molecule has 0 fully saturated rings. The molecule has 2 aromatic carbocycles. The van der Waals surface area contributed by atoms with Gasteiger partial charge < -0.3 is 25.0 Å². The minimum Gasteiger partial charge on any atom is -0.494 e. The van der Waals surface area contributed by atoms with Gasteiger partial charge in [-0.1, -0.05) is 19.2 Å². The first-order valence-electron chi connectivity index (χ1n) is 10.7. The van der Waals surface area contributed by atoms with Crippen molar-refractivity contribution in [1.82, 2.24) is 14.9 Å². The highest BCUT2D eigenvalue weighted by atomic mass is 16.5. The normalized spacial score (nSPS) is 11.5. The van der Waals surface area contributed by atoms with E-state index in [2.05, 4.69) is 38.8 Å². The average Bonchev–Trinajstić information content (AvgIpc) is 2.84. The molecule has 0 atom stereocenters. The number of nitrogens with one attached hydrogen (secondary N) is 2. The highest BCUT2D eigenvalue weighted by Gasteiger charge is 2.12. The first-order chi connectivity index (χ1) is 16.9. The number of aromatic nitrogens is 2. The SMILES string of the molecule is C=CN=C(C=C)Oc1ccc(Nc2ncnc3cc(OC)c(NC(=O)/C=C/CN(C)C)cc23)cc1. The third kappa shape index (κ3) is 6.99. The Hall–Kier alpha value is -4.50. The van der Waals surface area contributed by atoms with Crippen molar-refractivity contribution in [1.29, 1.82) is 0 Å². The topological polar surface area (TPSA) is 101 Å². The number of methoxy groups -OCH3 is 1. The van der Waals surface area contributed by atoms with Crippen molar-refractivity contribution in [2.75, 3.05) is 38.4 Å². The van der Waals surface area contributed by atoms with Gasteiger partial charge in [0.15, 0.2) is 0 Å². The molecule has 2 N–H and O–H groups in total. The average molecular weight is 473 g/mol. The zero-order chi connectivity index (χ0) is 25.2. The van der Waals surface area contributed by atoms with Gasteiger partial charge in [-0.15, -0.1) is 0 Å². The Morgan fingerprint density at radius 1 is 1.17 bits per heavy atom. The summed E-state index contributed by atoms with van der Waals surface area (Å²) >= 11 is 0. The minimum atomic E-state index is -0.259. The Bertz CT molecular complexity index is 1270. The number of ether oxygens (including phenoxy) is 2. The molecule has 1 heterocycles. The van der Waals surface area contributed by atoms with Gasteiger partial charge in [0, 0.05) is 36.0 Å². The smallest absolute Gasteiger partial charge is 0.248 e. The second kappa shape index (κ2) is 12.1. The van der Waals surface area contributed by atoms with E-state index in [1.165, 1.54) is 24.7 Å². The monoisotopic (exact) mass is 472 g/mol. The molecule has 9 heteroatoms. The fourth-order valence-electron chi connectivity index (χ4n) is 3.07. The Kier molecular flexibility index (Phi) is 8.69. The van der Waals surface area contributed by atoms with Crippen molar-refractivity contribution in [2.45, 2.75) is 0 Å². The largest absolute Gasteiger partial charge is 0.494 e. The van der Waals surface area contributed by atoms with Crippen LogP contribution in [0.4, 0.5) is 17.2 Å². The second-order valence-electron chi connectivity index (χ2n) is 7.55. The van der Waals surface area contributed by atoms with E-state index >= 15 is 0 Å². The fraction of sp³-hybridized carbons (Fsp3) is 0.154. The number of rotatable bonds is 10. The molecule has 180 valence electrons. The van der Waals surface area contributed by atoms with Crippen LogP contribution in [0.15, 0.2) is 85.3 Å². The lowest BCUT2D eigenvalue weighted by molar-refractivity contribution is -0.111. The number of hydrogen-bond donors (Lipinski definition) is 2. The number of benzene rings is 2. The molecule has 0 saturated carbocycles. The molecule has 0 bridgehead atoms.